The van der Waals surface area contributed by atoms with E-state index in [0.717, 1.165) is 0 Å². The van der Waals surface area contributed by atoms with E-state index in [-0.39, 0.29) is 31.5 Å². The molecule has 6 heteroatoms. The largest absolute Gasteiger partial charge is 0.481 e. The third kappa shape index (κ3) is 4.62. The molecule has 1 heterocycles. The number of rotatable bonds is 5. The number of carbonyl (C=O) groups excluding carboxylic acids is 1. The van der Waals surface area contributed by atoms with E-state index in [1.807, 2.05) is 0 Å². The highest BCUT2D eigenvalue weighted by molar-refractivity contribution is 5.78. The van der Waals surface area contributed by atoms with Gasteiger partial charge in [0.2, 0.25) is 5.91 Å². The molecule has 1 aliphatic heterocycles. The highest BCUT2D eigenvalue weighted by Crippen LogP contribution is 2.26. The van der Waals surface area contributed by atoms with Crippen LogP contribution in [-0.2, 0) is 14.3 Å². The van der Waals surface area contributed by atoms with E-state index in [0.29, 0.717) is 19.7 Å². The van der Waals surface area contributed by atoms with Gasteiger partial charge in [-0.05, 0) is 5.41 Å². The fourth-order valence-electron chi connectivity index (χ4n) is 2.05. The van der Waals surface area contributed by atoms with Crippen LogP contribution in [0.25, 0.3) is 0 Å². The van der Waals surface area contributed by atoms with E-state index < -0.39 is 11.4 Å². The SMILES string of the molecule is CC(C)(CC(=O)O)CC(=O)N1CCOC(CO)C1. The van der Waals surface area contributed by atoms with Crippen molar-refractivity contribution in [1.29, 1.82) is 0 Å². The second kappa shape index (κ2) is 6.15. The van der Waals surface area contributed by atoms with Crippen LogP contribution in [0.1, 0.15) is 26.7 Å². The van der Waals surface area contributed by atoms with Crippen LogP contribution in [0.5, 0.6) is 0 Å². The Morgan fingerprint density at radius 3 is 2.61 bits per heavy atom. The van der Waals surface area contributed by atoms with Crippen molar-refractivity contribution >= 4 is 11.9 Å². The normalized spacial score (nSPS) is 20.8. The van der Waals surface area contributed by atoms with Crippen molar-refractivity contribution < 1.29 is 24.5 Å². The molecule has 0 aromatic heterocycles. The van der Waals surface area contributed by atoms with Crippen LogP contribution in [0.2, 0.25) is 0 Å². The number of hydrogen-bond acceptors (Lipinski definition) is 4. The van der Waals surface area contributed by atoms with E-state index in [9.17, 15) is 9.59 Å². The molecule has 0 aromatic carbocycles. The summed E-state index contributed by atoms with van der Waals surface area (Å²) < 4.78 is 5.26. The number of nitrogens with zero attached hydrogens (tertiary/aromatic N) is 1. The van der Waals surface area contributed by atoms with Gasteiger partial charge in [0, 0.05) is 19.5 Å². The number of aliphatic hydroxyl groups excluding tert-OH is 1. The van der Waals surface area contributed by atoms with Gasteiger partial charge in [0.25, 0.3) is 0 Å². The van der Waals surface area contributed by atoms with Crippen LogP contribution in [0.15, 0.2) is 0 Å². The van der Waals surface area contributed by atoms with Gasteiger partial charge in [-0.2, -0.15) is 0 Å². The zero-order valence-corrected chi connectivity index (χ0v) is 10.9. The van der Waals surface area contributed by atoms with Gasteiger partial charge in [-0.1, -0.05) is 13.8 Å². The fraction of sp³-hybridized carbons (Fsp3) is 0.833. The lowest BCUT2D eigenvalue weighted by atomic mass is 9.85. The summed E-state index contributed by atoms with van der Waals surface area (Å²) in [5.74, 6) is -0.981. The Balaban J connectivity index is 2.51. The first-order valence-electron chi connectivity index (χ1n) is 6.06. The molecular formula is C12H21NO5. The molecule has 1 atom stereocenters. The summed E-state index contributed by atoms with van der Waals surface area (Å²) in [6.07, 6.45) is -0.172. The molecule has 2 N–H and O–H groups in total. The predicted octanol–water partition coefficient (Wildman–Crippen LogP) is 0.0971. The Bertz CT molecular complexity index is 316. The second-order valence-corrected chi connectivity index (χ2v) is 5.43. The van der Waals surface area contributed by atoms with E-state index in [1.165, 1.54) is 0 Å². The highest BCUT2D eigenvalue weighted by Gasteiger charge is 2.30. The molecule has 0 aromatic rings. The van der Waals surface area contributed by atoms with Gasteiger partial charge < -0.3 is 19.8 Å². The maximum Gasteiger partial charge on any atom is 0.303 e. The Labute approximate surface area is 107 Å². The minimum Gasteiger partial charge on any atom is -0.481 e. The highest BCUT2D eigenvalue weighted by atomic mass is 16.5. The van der Waals surface area contributed by atoms with Crippen LogP contribution < -0.4 is 0 Å². The van der Waals surface area contributed by atoms with Gasteiger partial charge in [-0.15, -0.1) is 0 Å². The van der Waals surface area contributed by atoms with Crippen molar-refractivity contribution in [1.82, 2.24) is 4.90 Å². The average Bonchev–Trinajstić information content (AvgIpc) is 2.26. The van der Waals surface area contributed by atoms with E-state index in [1.54, 1.807) is 18.7 Å². The zero-order valence-electron chi connectivity index (χ0n) is 10.9. The molecule has 0 radical (unpaired) electrons. The topological polar surface area (TPSA) is 87.1 Å². The number of aliphatic carboxylic acids is 1. The van der Waals surface area contributed by atoms with Crippen LogP contribution in [0.3, 0.4) is 0 Å². The number of amides is 1. The van der Waals surface area contributed by atoms with Crippen molar-refractivity contribution in [3.8, 4) is 0 Å². The smallest absolute Gasteiger partial charge is 0.303 e. The van der Waals surface area contributed by atoms with Crippen LogP contribution in [0.4, 0.5) is 0 Å². The number of carbonyl (C=O) groups is 2. The van der Waals surface area contributed by atoms with Crippen molar-refractivity contribution in [2.45, 2.75) is 32.8 Å². The molecule has 1 unspecified atom stereocenters. The number of hydrogen-bond donors (Lipinski definition) is 2. The number of morpholine rings is 1. The first-order valence-corrected chi connectivity index (χ1v) is 6.06. The number of ether oxygens (including phenoxy) is 1. The molecule has 6 nitrogen and oxygen atoms in total. The van der Waals surface area contributed by atoms with Gasteiger partial charge in [0.05, 0.1) is 25.7 Å². The first kappa shape index (κ1) is 14.9. The Morgan fingerprint density at radius 2 is 2.06 bits per heavy atom. The number of aliphatic hydroxyl groups is 1. The maximum absolute atomic E-state index is 12.1. The van der Waals surface area contributed by atoms with Gasteiger partial charge in [-0.3, -0.25) is 9.59 Å². The van der Waals surface area contributed by atoms with Gasteiger partial charge in [0.15, 0.2) is 0 Å². The van der Waals surface area contributed by atoms with Gasteiger partial charge in [-0.25, -0.2) is 0 Å². The predicted molar refractivity (Wildman–Crippen MR) is 64.1 cm³/mol. The van der Waals surface area contributed by atoms with Gasteiger partial charge >= 0.3 is 5.97 Å². The van der Waals surface area contributed by atoms with Crippen molar-refractivity contribution in [3.05, 3.63) is 0 Å². The quantitative estimate of drug-likeness (QED) is 0.731. The molecular weight excluding hydrogens is 238 g/mol. The Hall–Kier alpha value is -1.14. The average molecular weight is 259 g/mol. The lowest BCUT2D eigenvalue weighted by molar-refractivity contribution is -0.144. The maximum atomic E-state index is 12.1. The third-order valence-electron chi connectivity index (χ3n) is 2.95. The van der Waals surface area contributed by atoms with E-state index in [4.69, 9.17) is 14.9 Å². The summed E-state index contributed by atoms with van der Waals surface area (Å²) in [7, 11) is 0. The Kier molecular flexibility index (Phi) is 5.10. The lowest BCUT2D eigenvalue weighted by Gasteiger charge is -2.34. The molecule has 1 fully saturated rings. The third-order valence-corrected chi connectivity index (χ3v) is 2.95. The molecule has 104 valence electrons. The van der Waals surface area contributed by atoms with E-state index in [2.05, 4.69) is 0 Å². The van der Waals surface area contributed by atoms with Crippen LogP contribution >= 0.6 is 0 Å². The van der Waals surface area contributed by atoms with Crippen molar-refractivity contribution in [2.75, 3.05) is 26.3 Å². The molecule has 1 saturated heterocycles. The van der Waals surface area contributed by atoms with Crippen LogP contribution in [0, 0.1) is 5.41 Å². The van der Waals surface area contributed by atoms with Crippen LogP contribution in [-0.4, -0.2) is 59.4 Å². The molecule has 0 aliphatic carbocycles. The summed E-state index contributed by atoms with van der Waals surface area (Å²) >= 11 is 0. The standard InChI is InChI=1S/C12H21NO5/c1-12(2,6-11(16)17)5-10(15)13-3-4-18-9(7-13)8-14/h9,14H,3-8H2,1-2H3,(H,16,17). The minimum absolute atomic E-state index is 0.0352. The zero-order chi connectivity index (χ0) is 13.8. The molecule has 0 saturated carbocycles. The molecule has 1 rings (SSSR count). The van der Waals surface area contributed by atoms with Crippen molar-refractivity contribution in [3.63, 3.8) is 0 Å². The molecule has 0 bridgehead atoms. The number of carboxylic acids is 1. The summed E-state index contributed by atoms with van der Waals surface area (Å²) in [6.45, 7) is 4.71. The minimum atomic E-state index is -0.900. The molecule has 1 aliphatic rings. The fourth-order valence-corrected chi connectivity index (χ4v) is 2.05. The monoisotopic (exact) mass is 259 g/mol. The Morgan fingerprint density at radius 1 is 1.39 bits per heavy atom. The summed E-state index contributed by atoms with van der Waals surface area (Å²) in [6, 6.07) is 0. The summed E-state index contributed by atoms with van der Waals surface area (Å²) in [5, 5.41) is 17.8. The summed E-state index contributed by atoms with van der Waals surface area (Å²) in [4.78, 5) is 24.4. The van der Waals surface area contributed by atoms with Gasteiger partial charge in [0.1, 0.15) is 0 Å². The summed E-state index contributed by atoms with van der Waals surface area (Å²) in [5.41, 5.74) is -0.560. The lowest BCUT2D eigenvalue weighted by Crippen LogP contribution is -2.47. The molecule has 1 amide bonds. The second-order valence-electron chi connectivity index (χ2n) is 5.43. The molecule has 0 spiro atoms. The van der Waals surface area contributed by atoms with E-state index >= 15 is 0 Å². The first-order chi connectivity index (χ1) is 8.34. The molecule has 18 heavy (non-hydrogen) atoms. The number of carboxylic acid groups (broad SMARTS) is 1. The van der Waals surface area contributed by atoms with Crippen molar-refractivity contribution in [2.24, 2.45) is 5.41 Å².